The predicted molar refractivity (Wildman–Crippen MR) is 188 cm³/mol. The van der Waals surface area contributed by atoms with Gasteiger partial charge in [-0.25, -0.2) is 4.79 Å². The smallest absolute Gasteiger partial charge is 0.312 e. The molecule has 0 aliphatic carbocycles. The Hall–Kier alpha value is -3.12. The van der Waals surface area contributed by atoms with Gasteiger partial charge >= 0.3 is 6.03 Å². The van der Waals surface area contributed by atoms with Crippen LogP contribution in [0.4, 0.5) is 15.3 Å². The number of primary amides is 1. The van der Waals surface area contributed by atoms with E-state index >= 15 is 0 Å². The van der Waals surface area contributed by atoms with E-state index < -0.39 is 18.1 Å². The highest BCUT2D eigenvalue weighted by molar-refractivity contribution is 6.55. The van der Waals surface area contributed by atoms with Crippen molar-refractivity contribution in [2.45, 2.75) is 118 Å². The Morgan fingerprint density at radius 1 is 0.870 bits per heavy atom. The summed E-state index contributed by atoms with van der Waals surface area (Å²) in [6, 6.07) is 5.56. The largest absolute Gasteiger partial charge is 0.469 e. The quantitative estimate of drug-likeness (QED) is 0.0819. The molecule has 4 amide bonds. The molecule has 46 heavy (non-hydrogen) atoms. The molecule has 0 fully saturated rings. The van der Waals surface area contributed by atoms with Crippen LogP contribution < -0.4 is 32.3 Å². The minimum Gasteiger partial charge on any atom is -0.469 e. The van der Waals surface area contributed by atoms with Gasteiger partial charge in [0, 0.05) is 18.3 Å². The third-order valence-corrected chi connectivity index (χ3v) is 7.48. The number of hydrogen-bond acceptors (Lipinski definition) is 7. The van der Waals surface area contributed by atoms with Gasteiger partial charge in [-0.05, 0) is 86.6 Å². The lowest BCUT2D eigenvalue weighted by Gasteiger charge is -2.28. The molecule has 1 rings (SSSR count). The van der Waals surface area contributed by atoms with E-state index in [1.807, 2.05) is 13.8 Å². The lowest BCUT2D eigenvalue weighted by atomic mass is 9.85. The van der Waals surface area contributed by atoms with Gasteiger partial charge in [-0.2, -0.15) is 0 Å². The molecule has 0 spiro atoms. The number of hydrogen-bond donors (Lipinski definition) is 6. The Morgan fingerprint density at radius 2 is 1.50 bits per heavy atom. The van der Waals surface area contributed by atoms with E-state index in [0.29, 0.717) is 42.4 Å². The lowest BCUT2D eigenvalue weighted by Crippen LogP contribution is -2.53. The van der Waals surface area contributed by atoms with Crippen molar-refractivity contribution in [2.24, 2.45) is 23.0 Å². The van der Waals surface area contributed by atoms with Crippen LogP contribution in [0.15, 0.2) is 24.3 Å². The second kappa shape index (κ2) is 21.6. The number of rotatable bonds is 22. The first-order valence-electron chi connectivity index (χ1n) is 16.9. The maximum atomic E-state index is 13.4. The fraction of sp³-hybridized carbons (Fsp3) is 0.706. The minimum atomic E-state index is -0.816. The maximum Gasteiger partial charge on any atom is 0.312 e. The van der Waals surface area contributed by atoms with E-state index in [9.17, 15) is 19.2 Å². The molecular formula is C34H61BN6O5. The number of nitrogens with two attached hydrogens (primary N) is 1. The van der Waals surface area contributed by atoms with Crippen molar-refractivity contribution in [3.63, 3.8) is 0 Å². The summed E-state index contributed by atoms with van der Waals surface area (Å²) in [4.78, 5) is 48.9. The zero-order valence-electron chi connectivity index (χ0n) is 29.6. The van der Waals surface area contributed by atoms with Gasteiger partial charge in [0.15, 0.2) is 0 Å². The average molecular weight is 645 g/mol. The molecule has 260 valence electrons. The van der Waals surface area contributed by atoms with Gasteiger partial charge in [-0.15, -0.1) is 0 Å². The molecule has 3 atom stereocenters. The Labute approximate surface area is 278 Å². The van der Waals surface area contributed by atoms with Crippen LogP contribution >= 0.6 is 0 Å². The number of unbranched alkanes of at least 4 members (excludes halogenated alkanes) is 2. The maximum absolute atomic E-state index is 13.4. The van der Waals surface area contributed by atoms with Gasteiger partial charge in [0.25, 0.3) is 0 Å². The second-order valence-electron chi connectivity index (χ2n) is 14.2. The number of carbonyl (C=O) groups is 4. The highest BCUT2D eigenvalue weighted by Crippen LogP contribution is 2.24. The van der Waals surface area contributed by atoms with Gasteiger partial charge < -0.3 is 37.1 Å². The molecule has 7 N–H and O–H groups in total. The number of anilines is 1. The molecule has 0 radical (unpaired) electrons. The highest BCUT2D eigenvalue weighted by atomic mass is 16.5. The molecule has 1 unspecified atom stereocenters. The summed E-state index contributed by atoms with van der Waals surface area (Å²) in [6.07, 6.45) is 6.16. The molecule has 0 saturated carbocycles. The Morgan fingerprint density at radius 3 is 2.04 bits per heavy atom. The second-order valence-corrected chi connectivity index (χ2v) is 14.2. The molecule has 0 aliphatic heterocycles. The summed E-state index contributed by atoms with van der Waals surface area (Å²) in [5.41, 5.74) is 6.80. The number of ether oxygens (including phenoxy) is 1. The van der Waals surface area contributed by atoms with Crippen LogP contribution in [0.3, 0.4) is 0 Å². The van der Waals surface area contributed by atoms with Gasteiger partial charge in [0.2, 0.25) is 25.5 Å². The summed E-state index contributed by atoms with van der Waals surface area (Å²) in [7, 11) is 1.35. The molecule has 0 saturated heterocycles. The standard InChI is InChI=1S/C34H61BN6O5/c1-23(2)20-27(21-34(5,6)7)37-17-9-8-10-18-38-29(24(3)4)31(43)41-28(12-11-19-39-33(36)45)30(42)40-26-15-13-25(14-16-26)22-46-32(35)44/h13-16,23-24,27-29,37-38H,8-12,17-22,35H2,1-7H3,(H,40,42)(H,41,43)(H3,36,39,45)/t27?,28-,29-/m0/s1. The van der Waals surface area contributed by atoms with Crippen LogP contribution in [-0.2, 0) is 20.9 Å². The molecule has 0 heterocycles. The van der Waals surface area contributed by atoms with Crippen LogP contribution in [0.5, 0.6) is 0 Å². The summed E-state index contributed by atoms with van der Waals surface area (Å²) >= 11 is 0. The van der Waals surface area contributed by atoms with Crippen LogP contribution in [0.25, 0.3) is 0 Å². The number of benzene rings is 1. The van der Waals surface area contributed by atoms with E-state index in [4.69, 9.17) is 10.5 Å². The highest BCUT2D eigenvalue weighted by Gasteiger charge is 2.27. The van der Waals surface area contributed by atoms with Gasteiger partial charge in [0.05, 0.1) is 6.04 Å². The first-order chi connectivity index (χ1) is 21.6. The van der Waals surface area contributed by atoms with Gasteiger partial charge in [0.1, 0.15) is 12.6 Å². The Kier molecular flexibility index (Phi) is 19.2. The van der Waals surface area contributed by atoms with Crippen molar-refractivity contribution >= 4 is 37.2 Å². The van der Waals surface area contributed by atoms with Gasteiger partial charge in [-0.1, -0.05) is 67.0 Å². The molecule has 12 heteroatoms. The third-order valence-electron chi connectivity index (χ3n) is 7.48. The molecule has 0 aliphatic rings. The molecule has 1 aromatic rings. The van der Waals surface area contributed by atoms with E-state index in [1.54, 1.807) is 24.3 Å². The normalized spacial score (nSPS) is 13.6. The first-order valence-corrected chi connectivity index (χ1v) is 16.9. The van der Waals surface area contributed by atoms with Crippen LogP contribution in [0, 0.1) is 17.3 Å². The summed E-state index contributed by atoms with van der Waals surface area (Å²) in [6.45, 7) is 17.5. The van der Waals surface area contributed by atoms with Crippen LogP contribution in [-0.4, -0.2) is 69.3 Å². The minimum absolute atomic E-state index is 0.0147. The van der Waals surface area contributed by atoms with E-state index in [1.165, 1.54) is 14.3 Å². The fourth-order valence-electron chi connectivity index (χ4n) is 5.32. The lowest BCUT2D eigenvalue weighted by molar-refractivity contribution is -0.128. The van der Waals surface area contributed by atoms with Crippen molar-refractivity contribution < 1.29 is 23.9 Å². The van der Waals surface area contributed by atoms with Crippen LogP contribution in [0.1, 0.15) is 99.0 Å². The monoisotopic (exact) mass is 644 g/mol. The number of carbonyl (C=O) groups excluding carboxylic acids is 4. The number of nitrogens with one attached hydrogen (secondary N) is 5. The van der Waals surface area contributed by atoms with E-state index in [2.05, 4.69) is 61.2 Å². The molecule has 1 aromatic carbocycles. The van der Waals surface area contributed by atoms with E-state index in [-0.39, 0.29) is 36.8 Å². The third kappa shape index (κ3) is 19.4. The van der Waals surface area contributed by atoms with Crippen molar-refractivity contribution in [1.29, 1.82) is 0 Å². The van der Waals surface area contributed by atoms with Crippen molar-refractivity contribution in [3.8, 4) is 0 Å². The fourth-order valence-corrected chi connectivity index (χ4v) is 5.32. The predicted octanol–water partition coefficient (Wildman–Crippen LogP) is 4.05. The molecule has 0 bridgehead atoms. The molecule has 0 aromatic heterocycles. The zero-order chi connectivity index (χ0) is 34.7. The molecular weight excluding hydrogens is 583 g/mol. The van der Waals surface area contributed by atoms with Crippen molar-refractivity contribution in [1.82, 2.24) is 21.3 Å². The molecule has 11 nitrogen and oxygen atoms in total. The van der Waals surface area contributed by atoms with Gasteiger partial charge in [-0.3, -0.25) is 14.4 Å². The SMILES string of the molecule is BC(=O)OCc1ccc(NC(=O)[C@H](CCCNC(N)=O)NC(=O)[C@@H](NCCCCCNC(CC(C)C)CC(C)(C)C)C(C)C)cc1. The summed E-state index contributed by atoms with van der Waals surface area (Å²) < 4.78 is 5.01. The number of amides is 4. The van der Waals surface area contributed by atoms with E-state index in [0.717, 1.165) is 37.8 Å². The first kappa shape index (κ1) is 40.9. The number of urea groups is 1. The zero-order valence-corrected chi connectivity index (χ0v) is 29.6. The average Bonchev–Trinajstić information content (AvgIpc) is 2.93. The Balaban J connectivity index is 2.69. The topological polar surface area (TPSA) is 164 Å². The Bertz CT molecular complexity index is 1060. The van der Waals surface area contributed by atoms with Crippen LogP contribution in [0.2, 0.25) is 0 Å². The summed E-state index contributed by atoms with van der Waals surface area (Å²) in [5, 5.41) is 15.5. The summed E-state index contributed by atoms with van der Waals surface area (Å²) in [5.74, 6) is -0.300. The van der Waals surface area contributed by atoms with Crippen molar-refractivity contribution in [2.75, 3.05) is 25.0 Å². The van der Waals surface area contributed by atoms with Crippen molar-refractivity contribution in [3.05, 3.63) is 29.8 Å².